The Bertz CT molecular complexity index is 1890. The fraction of sp³-hybridized carbons (Fsp3) is 0.698. The summed E-state index contributed by atoms with van der Waals surface area (Å²) in [4.78, 5) is 76.0. The van der Waals surface area contributed by atoms with Gasteiger partial charge in [-0.3, -0.25) is 24.0 Å². The summed E-state index contributed by atoms with van der Waals surface area (Å²) in [6, 6.07) is 5.79. The number of nitrogens with zero attached hydrogens (tertiary/aromatic N) is 3. The second-order valence-electron chi connectivity index (χ2n) is 17.8. The summed E-state index contributed by atoms with van der Waals surface area (Å²) >= 11 is 0. The molecule has 1 aromatic carbocycles. The molecule has 3 N–H and O–H groups in total. The number of sulfonamides is 1. The molecule has 7 aliphatic rings. The van der Waals surface area contributed by atoms with E-state index in [1.165, 1.54) is 16.9 Å². The van der Waals surface area contributed by atoms with Crippen LogP contribution in [0.2, 0.25) is 0 Å². The molecule has 322 valence electrons. The van der Waals surface area contributed by atoms with Crippen molar-refractivity contribution in [2.75, 3.05) is 32.7 Å². The maximum absolute atomic E-state index is 14.7. The van der Waals surface area contributed by atoms with E-state index in [0.717, 1.165) is 70.0 Å². The highest BCUT2D eigenvalue weighted by Crippen LogP contribution is 2.46. The number of alkyl carbamates (subject to hydrolysis) is 1. The SMILES string of the molecule is O=C(N[C@H]1CCCCC/C=C/[C@@H]2C[C@@]2(C(=O)NS(=O)(=O)C2CC2)NC(=O)C2C[C@@H](OC(=O)N3CCc4ccccc4[C@@H]3CN3CCCCC3)CN2C1=O)OC1CCCC1. The van der Waals surface area contributed by atoms with Crippen LogP contribution in [0.5, 0.6) is 0 Å². The van der Waals surface area contributed by atoms with E-state index in [1.807, 2.05) is 24.3 Å². The molecule has 4 aliphatic heterocycles. The molecular formula is C43H60N6O9S. The van der Waals surface area contributed by atoms with E-state index < -0.39 is 74.8 Å². The van der Waals surface area contributed by atoms with Crippen LogP contribution < -0.4 is 15.4 Å². The predicted octanol–water partition coefficient (Wildman–Crippen LogP) is 4.22. The van der Waals surface area contributed by atoms with Crippen LogP contribution in [0.3, 0.4) is 0 Å². The molecule has 1 aromatic rings. The van der Waals surface area contributed by atoms with Gasteiger partial charge in [0.05, 0.1) is 17.8 Å². The number of carbonyl (C=O) groups excluding carboxylic acids is 5. The van der Waals surface area contributed by atoms with Crippen molar-refractivity contribution in [2.45, 2.75) is 150 Å². The summed E-state index contributed by atoms with van der Waals surface area (Å²) in [7, 11) is -3.91. The molecule has 6 atom stereocenters. The lowest BCUT2D eigenvalue weighted by Crippen LogP contribution is -2.58. The van der Waals surface area contributed by atoms with Crippen LogP contribution in [-0.2, 0) is 40.3 Å². The molecule has 15 nitrogen and oxygen atoms in total. The second-order valence-corrected chi connectivity index (χ2v) is 19.7. The average Bonchev–Trinajstić information content (AvgIpc) is 4.10. The second kappa shape index (κ2) is 17.8. The molecule has 8 rings (SSSR count). The fourth-order valence-corrected chi connectivity index (χ4v) is 11.2. The first-order chi connectivity index (χ1) is 28.5. The van der Waals surface area contributed by atoms with E-state index in [2.05, 4.69) is 32.4 Å². The molecule has 2 saturated heterocycles. The van der Waals surface area contributed by atoms with Crippen molar-refractivity contribution >= 4 is 39.9 Å². The van der Waals surface area contributed by atoms with E-state index in [4.69, 9.17) is 9.47 Å². The predicted molar refractivity (Wildman–Crippen MR) is 217 cm³/mol. The number of fused-ring (bicyclic) bond motifs is 3. The number of allylic oxidation sites excluding steroid dienone is 1. The van der Waals surface area contributed by atoms with Gasteiger partial charge < -0.3 is 29.9 Å². The highest BCUT2D eigenvalue weighted by molar-refractivity contribution is 7.91. The zero-order valence-electron chi connectivity index (χ0n) is 34.0. The molecule has 59 heavy (non-hydrogen) atoms. The summed E-state index contributed by atoms with van der Waals surface area (Å²) in [6.07, 6.45) is 13.4. The van der Waals surface area contributed by atoms with E-state index in [9.17, 15) is 32.4 Å². The summed E-state index contributed by atoms with van der Waals surface area (Å²) in [5.41, 5.74) is 0.771. The van der Waals surface area contributed by atoms with Crippen molar-refractivity contribution in [1.29, 1.82) is 0 Å². The maximum atomic E-state index is 14.7. The first-order valence-corrected chi connectivity index (χ1v) is 23.6. The number of benzene rings is 1. The molecule has 0 radical (unpaired) electrons. The van der Waals surface area contributed by atoms with Crippen molar-refractivity contribution in [3.63, 3.8) is 0 Å². The molecule has 3 saturated carbocycles. The summed E-state index contributed by atoms with van der Waals surface area (Å²) in [5.74, 6) is -2.39. The lowest BCUT2D eigenvalue weighted by atomic mass is 9.92. The Morgan fingerprint density at radius 3 is 2.39 bits per heavy atom. The largest absolute Gasteiger partial charge is 0.446 e. The zero-order chi connectivity index (χ0) is 41.1. The Hall–Kier alpha value is -4.18. The molecule has 4 heterocycles. The third kappa shape index (κ3) is 9.58. The molecule has 0 spiro atoms. The molecule has 0 bridgehead atoms. The standard InChI is InChI=1S/C43H60N6O9S/c50-38-36-25-32(58-42(54)48-24-21-29-13-7-10-17-34(29)37(48)28-47-22-11-4-12-23-47)27-49(36)39(51)35(44-41(53)57-31-15-8-9-16-31)18-6-3-1-2-5-14-30-26-43(30,45-38)40(52)46-59(55,56)33-19-20-33/h5,7,10,13-14,17,30-33,35-37H,1-4,6,8-9,11-12,15-16,18-28H2,(H,44,53)(H,45,50)(H,46,52)/b14-5+/t30-,32-,35+,36?,37+,43-/m1/s1. The van der Waals surface area contributed by atoms with Gasteiger partial charge in [0, 0.05) is 25.4 Å². The minimum Gasteiger partial charge on any atom is -0.446 e. The fourth-order valence-electron chi connectivity index (χ4n) is 9.85. The van der Waals surface area contributed by atoms with Gasteiger partial charge >= 0.3 is 12.2 Å². The molecule has 16 heteroatoms. The lowest BCUT2D eigenvalue weighted by molar-refractivity contribution is -0.141. The summed E-state index contributed by atoms with van der Waals surface area (Å²) < 4.78 is 40.0. The van der Waals surface area contributed by atoms with Gasteiger partial charge in [-0.1, -0.05) is 55.7 Å². The van der Waals surface area contributed by atoms with Gasteiger partial charge in [0.15, 0.2) is 0 Å². The van der Waals surface area contributed by atoms with Crippen LogP contribution in [0.1, 0.15) is 120 Å². The van der Waals surface area contributed by atoms with Gasteiger partial charge in [-0.05, 0) is 108 Å². The van der Waals surface area contributed by atoms with Gasteiger partial charge in [0.25, 0.3) is 5.91 Å². The monoisotopic (exact) mass is 836 g/mol. The van der Waals surface area contributed by atoms with Crippen LogP contribution in [0, 0.1) is 5.92 Å². The van der Waals surface area contributed by atoms with E-state index in [-0.39, 0.29) is 31.5 Å². The van der Waals surface area contributed by atoms with E-state index in [1.54, 1.807) is 4.90 Å². The van der Waals surface area contributed by atoms with Crippen LogP contribution >= 0.6 is 0 Å². The Labute approximate surface area is 347 Å². The topological polar surface area (TPSA) is 184 Å². The van der Waals surface area contributed by atoms with E-state index in [0.29, 0.717) is 51.6 Å². The van der Waals surface area contributed by atoms with Gasteiger partial charge in [0.1, 0.15) is 29.8 Å². The van der Waals surface area contributed by atoms with Crippen LogP contribution in [0.15, 0.2) is 36.4 Å². The molecular weight excluding hydrogens is 777 g/mol. The Kier molecular flexibility index (Phi) is 12.5. The zero-order valence-corrected chi connectivity index (χ0v) is 34.8. The number of hydrogen-bond donors (Lipinski definition) is 3. The van der Waals surface area contributed by atoms with Crippen molar-refractivity contribution < 1.29 is 41.9 Å². The number of carbonyl (C=O) groups is 5. The van der Waals surface area contributed by atoms with Crippen LogP contribution in [0.25, 0.3) is 0 Å². The number of rotatable bonds is 8. The van der Waals surface area contributed by atoms with Crippen LogP contribution in [0.4, 0.5) is 9.59 Å². The van der Waals surface area contributed by atoms with Crippen molar-refractivity contribution in [1.82, 2.24) is 30.1 Å². The Morgan fingerprint density at radius 2 is 1.61 bits per heavy atom. The lowest BCUT2D eigenvalue weighted by Gasteiger charge is -2.40. The minimum absolute atomic E-state index is 0.0393. The smallest absolute Gasteiger partial charge is 0.410 e. The van der Waals surface area contributed by atoms with Crippen molar-refractivity contribution in [2.24, 2.45) is 5.92 Å². The van der Waals surface area contributed by atoms with E-state index >= 15 is 0 Å². The summed E-state index contributed by atoms with van der Waals surface area (Å²) in [5, 5.41) is 5.06. The third-order valence-electron chi connectivity index (χ3n) is 13.5. The number of nitrogens with one attached hydrogen (secondary N) is 3. The van der Waals surface area contributed by atoms with Gasteiger partial charge in [-0.15, -0.1) is 0 Å². The average molecular weight is 837 g/mol. The van der Waals surface area contributed by atoms with Gasteiger partial charge in [0.2, 0.25) is 21.8 Å². The number of hydrogen-bond acceptors (Lipinski definition) is 10. The summed E-state index contributed by atoms with van der Waals surface area (Å²) in [6.45, 7) is 2.96. The molecule has 0 aromatic heterocycles. The quantitative estimate of drug-likeness (QED) is 0.321. The first-order valence-electron chi connectivity index (χ1n) is 22.1. The van der Waals surface area contributed by atoms with Gasteiger partial charge in [-0.25, -0.2) is 18.0 Å². The Balaban J connectivity index is 1.04. The normalized spacial score (nSPS) is 31.4. The highest BCUT2D eigenvalue weighted by atomic mass is 32.2. The minimum atomic E-state index is -3.91. The first kappa shape index (κ1) is 41.5. The molecule has 5 fully saturated rings. The van der Waals surface area contributed by atoms with Crippen molar-refractivity contribution in [3.05, 3.63) is 47.5 Å². The maximum Gasteiger partial charge on any atom is 0.410 e. The number of likely N-dealkylation sites (tertiary alicyclic amines) is 1. The number of amides is 5. The molecule has 5 amide bonds. The Morgan fingerprint density at radius 1 is 0.864 bits per heavy atom. The van der Waals surface area contributed by atoms with Gasteiger partial charge in [-0.2, -0.15) is 0 Å². The highest BCUT2D eigenvalue weighted by Gasteiger charge is 2.62. The molecule has 3 aliphatic carbocycles. The number of piperidine rings is 1. The third-order valence-corrected chi connectivity index (χ3v) is 15.3. The molecule has 1 unspecified atom stereocenters. The van der Waals surface area contributed by atoms with Crippen LogP contribution in [-0.4, -0.2) is 121 Å². The number of ether oxygens (including phenoxy) is 2. The van der Waals surface area contributed by atoms with Crippen molar-refractivity contribution in [3.8, 4) is 0 Å².